The SMILES string of the molecule is COC(OC)C1CCNc2cc(CCC(C)C)nn21. The molecule has 0 aromatic carbocycles. The molecule has 1 aromatic heterocycles. The van der Waals surface area contributed by atoms with Crippen molar-refractivity contribution in [2.24, 2.45) is 5.92 Å². The number of hydrogen-bond acceptors (Lipinski definition) is 4. The average molecular weight is 267 g/mol. The maximum atomic E-state index is 5.39. The van der Waals surface area contributed by atoms with Crippen LogP contribution in [-0.2, 0) is 15.9 Å². The van der Waals surface area contributed by atoms with Crippen molar-refractivity contribution in [3.63, 3.8) is 0 Å². The fourth-order valence-corrected chi connectivity index (χ4v) is 2.52. The fourth-order valence-electron chi connectivity index (χ4n) is 2.52. The molecule has 0 spiro atoms. The highest BCUT2D eigenvalue weighted by Crippen LogP contribution is 2.28. The Morgan fingerprint density at radius 1 is 1.42 bits per heavy atom. The lowest BCUT2D eigenvalue weighted by Crippen LogP contribution is -2.34. The van der Waals surface area contributed by atoms with Crippen LogP contribution < -0.4 is 5.32 Å². The van der Waals surface area contributed by atoms with Gasteiger partial charge >= 0.3 is 0 Å². The van der Waals surface area contributed by atoms with Crippen molar-refractivity contribution in [2.45, 2.75) is 45.4 Å². The lowest BCUT2D eigenvalue weighted by Gasteiger charge is -2.30. The van der Waals surface area contributed by atoms with Gasteiger partial charge in [0.2, 0.25) is 0 Å². The van der Waals surface area contributed by atoms with Crippen molar-refractivity contribution in [3.05, 3.63) is 11.8 Å². The molecule has 1 N–H and O–H groups in total. The van der Waals surface area contributed by atoms with Crippen molar-refractivity contribution in [1.29, 1.82) is 0 Å². The molecule has 2 heterocycles. The molecule has 1 aliphatic rings. The van der Waals surface area contributed by atoms with Crippen LogP contribution in [0.15, 0.2) is 6.07 Å². The zero-order valence-electron chi connectivity index (χ0n) is 12.3. The van der Waals surface area contributed by atoms with Gasteiger partial charge in [-0.15, -0.1) is 0 Å². The smallest absolute Gasteiger partial charge is 0.179 e. The molecule has 0 bridgehead atoms. The Morgan fingerprint density at radius 2 is 2.16 bits per heavy atom. The third-order valence-corrected chi connectivity index (χ3v) is 3.60. The van der Waals surface area contributed by atoms with Gasteiger partial charge in [0.25, 0.3) is 0 Å². The molecule has 0 radical (unpaired) electrons. The van der Waals surface area contributed by atoms with Crippen molar-refractivity contribution in [3.8, 4) is 0 Å². The quantitative estimate of drug-likeness (QED) is 0.804. The molecule has 0 saturated carbocycles. The van der Waals surface area contributed by atoms with Crippen LogP contribution in [-0.4, -0.2) is 36.8 Å². The van der Waals surface area contributed by atoms with E-state index in [1.54, 1.807) is 14.2 Å². The molecular weight excluding hydrogens is 242 g/mol. The zero-order chi connectivity index (χ0) is 13.8. The predicted molar refractivity (Wildman–Crippen MR) is 75.3 cm³/mol. The number of anilines is 1. The van der Waals surface area contributed by atoms with Crippen molar-refractivity contribution in [1.82, 2.24) is 9.78 Å². The molecule has 1 aromatic rings. The summed E-state index contributed by atoms with van der Waals surface area (Å²) >= 11 is 0. The second-order valence-electron chi connectivity index (χ2n) is 5.52. The fraction of sp³-hybridized carbons (Fsp3) is 0.786. The number of hydrogen-bond donors (Lipinski definition) is 1. The van der Waals surface area contributed by atoms with Gasteiger partial charge in [0.15, 0.2) is 6.29 Å². The van der Waals surface area contributed by atoms with Crippen LogP contribution in [0.25, 0.3) is 0 Å². The first kappa shape index (κ1) is 14.3. The highest BCUT2D eigenvalue weighted by atomic mass is 16.7. The first-order valence-electron chi connectivity index (χ1n) is 7.03. The molecule has 1 atom stereocenters. The Bertz CT molecular complexity index is 399. The molecule has 0 aliphatic carbocycles. The third-order valence-electron chi connectivity index (χ3n) is 3.60. The molecule has 5 heteroatoms. The Labute approximate surface area is 115 Å². The lowest BCUT2D eigenvalue weighted by atomic mass is 10.1. The van der Waals surface area contributed by atoms with E-state index >= 15 is 0 Å². The molecule has 1 aliphatic heterocycles. The van der Waals surface area contributed by atoms with Crippen LogP contribution in [0.4, 0.5) is 5.82 Å². The summed E-state index contributed by atoms with van der Waals surface area (Å²) in [5.41, 5.74) is 1.15. The molecule has 0 amide bonds. The zero-order valence-corrected chi connectivity index (χ0v) is 12.3. The Hall–Kier alpha value is -1.07. The molecule has 5 nitrogen and oxygen atoms in total. The normalized spacial score (nSPS) is 18.7. The minimum Gasteiger partial charge on any atom is -0.370 e. The van der Waals surface area contributed by atoms with Gasteiger partial charge in [0.05, 0.1) is 5.69 Å². The van der Waals surface area contributed by atoms with Crippen LogP contribution in [0.2, 0.25) is 0 Å². The van der Waals surface area contributed by atoms with E-state index in [-0.39, 0.29) is 12.3 Å². The Balaban J connectivity index is 2.14. The largest absolute Gasteiger partial charge is 0.370 e. The summed E-state index contributed by atoms with van der Waals surface area (Å²) in [7, 11) is 3.36. The summed E-state index contributed by atoms with van der Waals surface area (Å²) in [6.45, 7) is 5.41. The van der Waals surface area contributed by atoms with E-state index in [0.29, 0.717) is 5.92 Å². The number of ether oxygens (including phenoxy) is 2. The highest BCUT2D eigenvalue weighted by Gasteiger charge is 2.29. The summed E-state index contributed by atoms with van der Waals surface area (Å²) in [5.74, 6) is 1.78. The van der Waals surface area contributed by atoms with Crippen molar-refractivity contribution < 1.29 is 9.47 Å². The minimum absolute atomic E-state index is 0.152. The number of fused-ring (bicyclic) bond motifs is 1. The molecule has 19 heavy (non-hydrogen) atoms. The van der Waals surface area contributed by atoms with E-state index in [0.717, 1.165) is 30.9 Å². The molecule has 108 valence electrons. The summed E-state index contributed by atoms with van der Waals surface area (Å²) in [5, 5.41) is 8.11. The first-order valence-corrected chi connectivity index (χ1v) is 7.03. The van der Waals surface area contributed by atoms with E-state index in [9.17, 15) is 0 Å². The maximum Gasteiger partial charge on any atom is 0.179 e. The van der Waals surface area contributed by atoms with E-state index in [4.69, 9.17) is 14.6 Å². The van der Waals surface area contributed by atoms with Gasteiger partial charge in [-0.05, 0) is 25.2 Å². The van der Waals surface area contributed by atoms with Crippen LogP contribution in [0, 0.1) is 5.92 Å². The molecular formula is C14H25N3O2. The molecule has 2 rings (SSSR count). The second-order valence-corrected chi connectivity index (χ2v) is 5.52. The number of nitrogens with zero attached hydrogens (tertiary/aromatic N) is 2. The van der Waals surface area contributed by atoms with Gasteiger partial charge in [-0.3, -0.25) is 0 Å². The summed E-state index contributed by atoms with van der Waals surface area (Å²) in [4.78, 5) is 0. The van der Waals surface area contributed by atoms with Crippen molar-refractivity contribution >= 4 is 5.82 Å². The minimum atomic E-state index is -0.237. The lowest BCUT2D eigenvalue weighted by molar-refractivity contribution is -0.135. The van der Waals surface area contributed by atoms with Crippen LogP contribution in [0.1, 0.15) is 38.4 Å². The van der Waals surface area contributed by atoms with Gasteiger partial charge in [0.1, 0.15) is 11.9 Å². The molecule has 0 fully saturated rings. The van der Waals surface area contributed by atoms with Gasteiger partial charge in [0, 0.05) is 26.8 Å². The topological polar surface area (TPSA) is 48.3 Å². The Morgan fingerprint density at radius 3 is 2.79 bits per heavy atom. The van der Waals surface area contributed by atoms with Crippen molar-refractivity contribution in [2.75, 3.05) is 26.1 Å². The molecule has 1 unspecified atom stereocenters. The summed E-state index contributed by atoms with van der Waals surface area (Å²) in [6, 6.07) is 2.30. The third kappa shape index (κ3) is 3.28. The van der Waals surface area contributed by atoms with Crippen LogP contribution in [0.3, 0.4) is 0 Å². The van der Waals surface area contributed by atoms with E-state index in [1.807, 2.05) is 4.68 Å². The number of rotatable bonds is 6. The van der Waals surface area contributed by atoms with E-state index < -0.39 is 0 Å². The van der Waals surface area contributed by atoms with Crippen LogP contribution in [0.5, 0.6) is 0 Å². The average Bonchev–Trinajstić information content (AvgIpc) is 2.81. The van der Waals surface area contributed by atoms with Gasteiger partial charge in [-0.25, -0.2) is 4.68 Å². The van der Waals surface area contributed by atoms with Crippen LogP contribution >= 0.6 is 0 Å². The predicted octanol–water partition coefficient (Wildman–Crippen LogP) is 2.45. The summed E-state index contributed by atoms with van der Waals surface area (Å²) in [6.07, 6.45) is 2.92. The van der Waals surface area contributed by atoms with E-state index in [2.05, 4.69) is 25.2 Å². The number of aromatic nitrogens is 2. The summed E-state index contributed by atoms with van der Waals surface area (Å²) < 4.78 is 12.8. The highest BCUT2D eigenvalue weighted by molar-refractivity contribution is 5.39. The first-order chi connectivity index (χ1) is 9.15. The standard InChI is InChI=1S/C14H25N3O2/c1-10(2)5-6-11-9-13-15-8-7-12(17(13)16-11)14(18-3)19-4/h9-10,12,14-15H,5-8H2,1-4H3. The Kier molecular flexibility index (Phi) is 4.82. The van der Waals surface area contributed by atoms with Gasteiger partial charge in [-0.2, -0.15) is 5.10 Å². The number of aryl methyl sites for hydroxylation is 1. The van der Waals surface area contributed by atoms with Gasteiger partial charge in [-0.1, -0.05) is 13.8 Å². The maximum absolute atomic E-state index is 5.39. The van der Waals surface area contributed by atoms with E-state index in [1.165, 1.54) is 6.42 Å². The molecule has 0 saturated heterocycles. The number of methoxy groups -OCH3 is 2. The monoisotopic (exact) mass is 267 g/mol. The number of nitrogens with one attached hydrogen (secondary N) is 1. The second kappa shape index (κ2) is 6.39. The van der Waals surface area contributed by atoms with Gasteiger partial charge < -0.3 is 14.8 Å².